The van der Waals surface area contributed by atoms with E-state index in [0.717, 1.165) is 30.6 Å². The van der Waals surface area contributed by atoms with Crippen molar-refractivity contribution >= 4 is 36.4 Å². The zero-order chi connectivity index (χ0) is 18.7. The van der Waals surface area contributed by atoms with Crippen LogP contribution in [0.3, 0.4) is 0 Å². The Hall–Kier alpha value is -1.75. The van der Waals surface area contributed by atoms with Crippen molar-refractivity contribution in [3.8, 4) is 0 Å². The molecule has 0 aliphatic carbocycles. The zero-order valence-electron chi connectivity index (χ0n) is 16.7. The first-order valence-corrected chi connectivity index (χ1v) is 9.37. The van der Waals surface area contributed by atoms with Gasteiger partial charge in [0.25, 0.3) is 0 Å². The number of nitrogens with zero attached hydrogens (tertiary/aromatic N) is 2. The van der Waals surface area contributed by atoms with Crippen LogP contribution in [0.1, 0.15) is 43.0 Å². The molecular weight excluding hydrogens is 393 g/mol. The van der Waals surface area contributed by atoms with Crippen molar-refractivity contribution < 1.29 is 4.79 Å². The Morgan fingerprint density at radius 2 is 1.79 bits per heavy atom. The summed E-state index contributed by atoms with van der Waals surface area (Å²) >= 11 is 0. The molecule has 0 radical (unpaired) electrons. The van der Waals surface area contributed by atoms with Crippen LogP contribution in [-0.2, 0) is 4.79 Å². The van der Waals surface area contributed by atoms with Crippen LogP contribution in [0.5, 0.6) is 0 Å². The zero-order valence-corrected chi connectivity index (χ0v) is 18.4. The highest BCUT2D eigenvalue weighted by Gasteiger charge is 2.34. The molecule has 1 aliphatic rings. The molecule has 2 aromatic carbocycles. The third kappa shape index (κ3) is 5.19. The van der Waals surface area contributed by atoms with Gasteiger partial charge in [-0.1, -0.05) is 49.4 Å². The molecule has 0 saturated carbocycles. The molecule has 3 unspecified atom stereocenters. The molecule has 0 aromatic heterocycles. The van der Waals surface area contributed by atoms with Crippen molar-refractivity contribution in [1.29, 1.82) is 0 Å². The first kappa shape index (κ1) is 24.3. The van der Waals surface area contributed by atoms with E-state index in [9.17, 15) is 4.79 Å². The lowest BCUT2D eigenvalue weighted by atomic mass is 9.93. The van der Waals surface area contributed by atoms with Crippen molar-refractivity contribution in [2.24, 2.45) is 11.7 Å². The van der Waals surface area contributed by atoms with Crippen LogP contribution < -0.4 is 10.6 Å². The number of amides is 1. The monoisotopic (exact) mass is 423 g/mol. The molecule has 0 bridgehead atoms. The summed E-state index contributed by atoms with van der Waals surface area (Å²) in [5, 5.41) is 0. The predicted octanol–water partition coefficient (Wildman–Crippen LogP) is 4.60. The lowest BCUT2D eigenvalue weighted by Crippen LogP contribution is -2.39. The Labute approximate surface area is 180 Å². The van der Waals surface area contributed by atoms with Gasteiger partial charge in [-0.05, 0) is 36.1 Å². The Morgan fingerprint density at radius 1 is 1.11 bits per heavy atom. The summed E-state index contributed by atoms with van der Waals surface area (Å²) in [6, 6.07) is 18.3. The average molecular weight is 424 g/mol. The van der Waals surface area contributed by atoms with Crippen LogP contribution in [0.2, 0.25) is 0 Å². The molecule has 3 rings (SSSR count). The van der Waals surface area contributed by atoms with E-state index in [1.807, 2.05) is 56.3 Å². The van der Waals surface area contributed by atoms with Crippen molar-refractivity contribution in [2.45, 2.75) is 31.8 Å². The maximum Gasteiger partial charge on any atom is 0.227 e. The van der Waals surface area contributed by atoms with Gasteiger partial charge >= 0.3 is 0 Å². The molecule has 4 nitrogen and oxygen atoms in total. The molecule has 0 spiro atoms. The van der Waals surface area contributed by atoms with Gasteiger partial charge < -0.3 is 15.5 Å². The Bertz CT molecular complexity index is 754. The molecule has 1 amide bonds. The Kier molecular flexibility index (Phi) is 9.28. The summed E-state index contributed by atoms with van der Waals surface area (Å²) in [7, 11) is 4.08. The van der Waals surface area contributed by atoms with Crippen molar-refractivity contribution in [1.82, 2.24) is 4.90 Å². The van der Waals surface area contributed by atoms with E-state index < -0.39 is 0 Å². The molecular formula is C22H31Cl2N3O. The summed E-state index contributed by atoms with van der Waals surface area (Å²) in [6.07, 6.45) is 2.05. The first-order valence-electron chi connectivity index (χ1n) is 9.37. The highest BCUT2D eigenvalue weighted by molar-refractivity contribution is 5.85. The largest absolute Gasteiger partial charge is 0.378 e. The standard InChI is InChI=1S/C22H29N3O.2ClH/c1-16(21(23)17-9-5-4-6-10-17)22(26)25-14-8-13-20(25)18-11-7-12-19(15-18)24(2)3;;/h4-7,9-12,15-16,20-21H,8,13-14,23H2,1-3H3;2*1H. The third-order valence-electron chi connectivity index (χ3n) is 5.42. The highest BCUT2D eigenvalue weighted by atomic mass is 35.5. The summed E-state index contributed by atoms with van der Waals surface area (Å²) in [5.41, 5.74) is 9.79. The molecule has 28 heavy (non-hydrogen) atoms. The molecule has 1 fully saturated rings. The normalized spacial score (nSPS) is 17.9. The maximum atomic E-state index is 13.2. The van der Waals surface area contributed by atoms with Crippen LogP contribution in [0.4, 0.5) is 5.69 Å². The van der Waals surface area contributed by atoms with Crippen LogP contribution in [0, 0.1) is 5.92 Å². The second-order valence-electron chi connectivity index (χ2n) is 7.40. The van der Waals surface area contributed by atoms with Gasteiger partial charge in [0.15, 0.2) is 0 Å². The molecule has 2 aromatic rings. The third-order valence-corrected chi connectivity index (χ3v) is 5.42. The topological polar surface area (TPSA) is 49.6 Å². The molecule has 154 valence electrons. The minimum atomic E-state index is -0.280. The first-order chi connectivity index (χ1) is 12.5. The SMILES string of the molecule is CC(C(=O)N1CCCC1c1cccc(N(C)C)c1)C(N)c1ccccc1.Cl.Cl. The number of likely N-dealkylation sites (tertiary alicyclic amines) is 1. The second kappa shape index (κ2) is 10.7. The van der Waals surface area contributed by atoms with E-state index in [1.165, 1.54) is 5.56 Å². The molecule has 1 saturated heterocycles. The van der Waals surface area contributed by atoms with Crippen molar-refractivity contribution in [3.63, 3.8) is 0 Å². The maximum absolute atomic E-state index is 13.2. The van der Waals surface area contributed by atoms with Gasteiger partial charge in [0.2, 0.25) is 5.91 Å². The van der Waals surface area contributed by atoms with Gasteiger partial charge in [0.1, 0.15) is 0 Å². The minimum Gasteiger partial charge on any atom is -0.378 e. The fraction of sp³-hybridized carbons (Fsp3) is 0.409. The summed E-state index contributed by atoms with van der Waals surface area (Å²) in [4.78, 5) is 17.3. The Balaban J connectivity index is 0.00000196. The number of hydrogen-bond acceptors (Lipinski definition) is 3. The number of carbonyl (C=O) groups is 1. The smallest absolute Gasteiger partial charge is 0.227 e. The van der Waals surface area contributed by atoms with E-state index >= 15 is 0 Å². The summed E-state index contributed by atoms with van der Waals surface area (Å²) < 4.78 is 0. The van der Waals surface area contributed by atoms with Gasteiger partial charge in [-0.3, -0.25) is 4.79 Å². The predicted molar refractivity (Wildman–Crippen MR) is 121 cm³/mol. The molecule has 1 heterocycles. The van der Waals surface area contributed by atoms with Crippen molar-refractivity contribution in [2.75, 3.05) is 25.5 Å². The average Bonchev–Trinajstić information content (AvgIpc) is 3.16. The fourth-order valence-electron chi connectivity index (χ4n) is 3.77. The van der Waals surface area contributed by atoms with Gasteiger partial charge in [0.05, 0.1) is 12.0 Å². The van der Waals surface area contributed by atoms with Crippen LogP contribution in [0.25, 0.3) is 0 Å². The van der Waals surface area contributed by atoms with Gasteiger partial charge in [0, 0.05) is 32.4 Å². The molecule has 6 heteroatoms. The van der Waals surface area contributed by atoms with E-state index in [2.05, 4.69) is 29.2 Å². The number of rotatable bonds is 5. The second-order valence-corrected chi connectivity index (χ2v) is 7.40. The lowest BCUT2D eigenvalue weighted by molar-refractivity contribution is -0.136. The number of benzene rings is 2. The quantitative estimate of drug-likeness (QED) is 0.764. The van der Waals surface area contributed by atoms with Gasteiger partial charge in [-0.15, -0.1) is 24.8 Å². The lowest BCUT2D eigenvalue weighted by Gasteiger charge is -2.30. The fourth-order valence-corrected chi connectivity index (χ4v) is 3.77. The Morgan fingerprint density at radius 3 is 2.43 bits per heavy atom. The van der Waals surface area contributed by atoms with Gasteiger partial charge in [-0.25, -0.2) is 0 Å². The summed E-state index contributed by atoms with van der Waals surface area (Å²) in [6.45, 7) is 2.76. The minimum absolute atomic E-state index is 0. The number of nitrogens with two attached hydrogens (primary N) is 1. The molecule has 1 aliphatic heterocycles. The number of hydrogen-bond donors (Lipinski definition) is 1. The molecule has 2 N–H and O–H groups in total. The van der Waals surface area contributed by atoms with E-state index in [-0.39, 0.29) is 48.7 Å². The highest BCUT2D eigenvalue weighted by Crippen LogP contribution is 2.35. The van der Waals surface area contributed by atoms with E-state index in [4.69, 9.17) is 5.73 Å². The molecule has 3 atom stereocenters. The van der Waals surface area contributed by atoms with Crippen molar-refractivity contribution in [3.05, 3.63) is 65.7 Å². The van der Waals surface area contributed by atoms with Crippen LogP contribution in [0.15, 0.2) is 54.6 Å². The van der Waals surface area contributed by atoms with E-state index in [1.54, 1.807) is 0 Å². The van der Waals surface area contributed by atoms with Gasteiger partial charge in [-0.2, -0.15) is 0 Å². The van der Waals surface area contributed by atoms with Crippen LogP contribution in [-0.4, -0.2) is 31.4 Å². The number of carbonyl (C=O) groups excluding carboxylic acids is 1. The van der Waals surface area contributed by atoms with E-state index in [0.29, 0.717) is 0 Å². The summed E-state index contributed by atoms with van der Waals surface area (Å²) in [5.74, 6) is -0.0888. The van der Waals surface area contributed by atoms with Crippen LogP contribution >= 0.6 is 24.8 Å². The number of halogens is 2. The number of anilines is 1.